The zero-order valence-corrected chi connectivity index (χ0v) is 24.0. The van der Waals surface area contributed by atoms with Gasteiger partial charge in [0.05, 0.1) is 17.8 Å². The molecule has 204 valence electrons. The molecule has 0 radical (unpaired) electrons. The van der Waals surface area contributed by atoms with E-state index < -0.39 is 5.60 Å². The van der Waals surface area contributed by atoms with E-state index in [1.165, 1.54) is 12.8 Å². The molecule has 0 heterocycles. The highest BCUT2D eigenvalue weighted by Crippen LogP contribution is 2.76. The van der Waals surface area contributed by atoms with Crippen LogP contribution >= 0.6 is 0 Å². The maximum Gasteiger partial charge on any atom is 0.0594 e. The van der Waals surface area contributed by atoms with Crippen LogP contribution in [0.25, 0.3) is 0 Å². The van der Waals surface area contributed by atoms with E-state index in [0.29, 0.717) is 17.8 Å². The summed E-state index contributed by atoms with van der Waals surface area (Å²) in [5.41, 5.74) is -0.614. The Bertz CT molecular complexity index is 787. The minimum Gasteiger partial charge on any atom is -0.396 e. The molecular weight excluding hydrogens is 436 g/mol. The summed E-state index contributed by atoms with van der Waals surface area (Å²) in [5.74, 6) is 1.48. The van der Waals surface area contributed by atoms with Crippen LogP contribution in [0, 0.1) is 50.7 Å². The Kier molecular flexibility index (Phi) is 6.91. The predicted molar refractivity (Wildman–Crippen MR) is 142 cm³/mol. The second-order valence-corrected chi connectivity index (χ2v) is 15.8. The van der Waals surface area contributed by atoms with Crippen LogP contribution in [-0.4, -0.2) is 44.8 Å². The topological polar surface area (TPSA) is 80.9 Å². The first-order chi connectivity index (χ1) is 16.0. The number of hydrogen-bond donors (Lipinski definition) is 4. The summed E-state index contributed by atoms with van der Waals surface area (Å²) in [4.78, 5) is 0. The zero-order valence-electron chi connectivity index (χ0n) is 24.0. The fraction of sp³-hybridized carbons (Fsp3) is 1.00. The van der Waals surface area contributed by atoms with E-state index >= 15 is 0 Å². The fourth-order valence-corrected chi connectivity index (χ4v) is 10.8. The maximum absolute atomic E-state index is 11.9. The molecule has 10 unspecified atom stereocenters. The first-order valence-electron chi connectivity index (χ1n) is 14.7. The monoisotopic (exact) mass is 492 g/mol. The molecule has 4 fully saturated rings. The van der Waals surface area contributed by atoms with Crippen molar-refractivity contribution in [1.82, 2.24) is 0 Å². The van der Waals surface area contributed by atoms with Crippen molar-refractivity contribution in [3.8, 4) is 0 Å². The van der Waals surface area contributed by atoms with Gasteiger partial charge in [-0.05, 0) is 129 Å². The second kappa shape index (κ2) is 8.68. The number of rotatable bonds is 6. The quantitative estimate of drug-likeness (QED) is 0.370. The molecule has 0 aliphatic heterocycles. The molecule has 4 N–H and O–H groups in total. The standard InChI is InChI=1S/C31H56O4/c1-26(2,35)13-9-14-28(5,19-32)20-10-16-31(8)25(20)21(33)18-23-29(6)15-12-24(34)27(3,4)22(29)11-17-30(23,31)7/h20-25,32-35H,9-19H2,1-8H3. The van der Waals surface area contributed by atoms with Gasteiger partial charge in [0.25, 0.3) is 0 Å². The molecule has 4 aliphatic carbocycles. The molecule has 4 heteroatoms. The van der Waals surface area contributed by atoms with Crippen molar-refractivity contribution in [2.75, 3.05) is 6.61 Å². The Morgan fingerprint density at radius 1 is 0.800 bits per heavy atom. The molecule has 0 aromatic carbocycles. The van der Waals surface area contributed by atoms with Crippen LogP contribution in [-0.2, 0) is 0 Å². The van der Waals surface area contributed by atoms with Crippen molar-refractivity contribution in [2.45, 2.75) is 137 Å². The summed E-state index contributed by atoms with van der Waals surface area (Å²) in [7, 11) is 0. The summed E-state index contributed by atoms with van der Waals surface area (Å²) >= 11 is 0. The predicted octanol–water partition coefficient (Wildman–Crippen LogP) is 5.94. The minimum absolute atomic E-state index is 0.0564. The van der Waals surface area contributed by atoms with Gasteiger partial charge in [0.1, 0.15) is 0 Å². The lowest BCUT2D eigenvalue weighted by molar-refractivity contribution is -0.245. The molecule has 0 amide bonds. The molecule has 0 saturated heterocycles. The Hall–Kier alpha value is -0.160. The van der Waals surface area contributed by atoms with Crippen molar-refractivity contribution < 1.29 is 20.4 Å². The molecule has 4 saturated carbocycles. The van der Waals surface area contributed by atoms with Crippen molar-refractivity contribution in [3.05, 3.63) is 0 Å². The molecule has 4 aliphatic rings. The van der Waals surface area contributed by atoms with E-state index in [2.05, 4.69) is 41.5 Å². The maximum atomic E-state index is 11.9. The molecule has 0 aromatic heterocycles. The Labute approximate surface area is 215 Å². The molecule has 4 rings (SSSR count). The average Bonchev–Trinajstić information content (AvgIpc) is 3.12. The van der Waals surface area contributed by atoms with Crippen LogP contribution in [0.4, 0.5) is 0 Å². The normalized spacial score (nSPS) is 49.0. The summed E-state index contributed by atoms with van der Waals surface area (Å²) < 4.78 is 0. The highest BCUT2D eigenvalue weighted by Gasteiger charge is 2.71. The van der Waals surface area contributed by atoms with E-state index in [0.717, 1.165) is 51.4 Å². The van der Waals surface area contributed by atoms with Gasteiger partial charge in [-0.25, -0.2) is 0 Å². The van der Waals surface area contributed by atoms with Gasteiger partial charge in [-0.15, -0.1) is 0 Å². The van der Waals surface area contributed by atoms with Crippen molar-refractivity contribution in [3.63, 3.8) is 0 Å². The molecule has 10 atom stereocenters. The summed E-state index contributed by atoms with van der Waals surface area (Å²) in [6.07, 6.45) is 9.29. The van der Waals surface area contributed by atoms with Gasteiger partial charge in [0.2, 0.25) is 0 Å². The van der Waals surface area contributed by atoms with Crippen LogP contribution in [0.1, 0.15) is 120 Å². The third-order valence-corrected chi connectivity index (χ3v) is 13.2. The number of aliphatic hydroxyl groups excluding tert-OH is 3. The Morgan fingerprint density at radius 3 is 2.03 bits per heavy atom. The van der Waals surface area contributed by atoms with Crippen LogP contribution < -0.4 is 0 Å². The highest BCUT2D eigenvalue weighted by atomic mass is 16.3. The molecule has 0 spiro atoms. The summed E-state index contributed by atoms with van der Waals surface area (Å²) in [6.45, 7) is 18.2. The number of aliphatic hydroxyl groups is 4. The fourth-order valence-electron chi connectivity index (χ4n) is 10.8. The summed E-state index contributed by atoms with van der Waals surface area (Å²) in [5, 5.41) is 43.7. The zero-order chi connectivity index (χ0) is 26.2. The number of fused-ring (bicyclic) bond motifs is 5. The first kappa shape index (κ1) is 27.9. The van der Waals surface area contributed by atoms with Gasteiger partial charge in [-0.3, -0.25) is 0 Å². The lowest BCUT2D eigenvalue weighted by Gasteiger charge is -2.70. The largest absolute Gasteiger partial charge is 0.396 e. The smallest absolute Gasteiger partial charge is 0.0594 e. The van der Waals surface area contributed by atoms with E-state index in [4.69, 9.17) is 0 Å². The molecule has 0 bridgehead atoms. The lowest BCUT2D eigenvalue weighted by atomic mass is 9.35. The van der Waals surface area contributed by atoms with Crippen molar-refractivity contribution in [2.24, 2.45) is 50.7 Å². The van der Waals surface area contributed by atoms with Crippen LogP contribution in [0.15, 0.2) is 0 Å². The van der Waals surface area contributed by atoms with E-state index in [9.17, 15) is 20.4 Å². The van der Waals surface area contributed by atoms with Crippen molar-refractivity contribution >= 4 is 0 Å². The SMILES string of the molecule is CC(C)(O)CCCC(C)(CO)C1CCC2(C)C1C(O)CC1C3(C)CCC(O)C(C)(C)C3CCC12C. The minimum atomic E-state index is -0.680. The van der Waals surface area contributed by atoms with Crippen molar-refractivity contribution in [1.29, 1.82) is 0 Å². The van der Waals surface area contributed by atoms with Gasteiger partial charge < -0.3 is 20.4 Å². The van der Waals surface area contributed by atoms with Gasteiger partial charge in [-0.2, -0.15) is 0 Å². The van der Waals surface area contributed by atoms with E-state index in [-0.39, 0.29) is 51.8 Å². The average molecular weight is 493 g/mol. The Morgan fingerprint density at radius 2 is 1.43 bits per heavy atom. The Balaban J connectivity index is 1.65. The van der Waals surface area contributed by atoms with Crippen LogP contribution in [0.5, 0.6) is 0 Å². The first-order valence-corrected chi connectivity index (χ1v) is 14.7. The van der Waals surface area contributed by atoms with Crippen LogP contribution in [0.3, 0.4) is 0 Å². The van der Waals surface area contributed by atoms with E-state index in [1.807, 2.05) is 13.8 Å². The van der Waals surface area contributed by atoms with Gasteiger partial charge >= 0.3 is 0 Å². The lowest BCUT2D eigenvalue weighted by Crippen LogP contribution is -2.66. The van der Waals surface area contributed by atoms with Gasteiger partial charge in [-0.1, -0.05) is 41.5 Å². The van der Waals surface area contributed by atoms with E-state index in [1.54, 1.807) is 0 Å². The van der Waals surface area contributed by atoms with Gasteiger partial charge in [0, 0.05) is 6.61 Å². The molecular formula is C31H56O4. The second-order valence-electron chi connectivity index (χ2n) is 15.8. The third-order valence-electron chi connectivity index (χ3n) is 13.2. The molecule has 0 aromatic rings. The van der Waals surface area contributed by atoms with Crippen LogP contribution in [0.2, 0.25) is 0 Å². The van der Waals surface area contributed by atoms with Gasteiger partial charge in [0.15, 0.2) is 0 Å². The molecule has 35 heavy (non-hydrogen) atoms. The summed E-state index contributed by atoms with van der Waals surface area (Å²) in [6, 6.07) is 0. The highest BCUT2D eigenvalue weighted by molar-refractivity contribution is 5.19. The molecule has 4 nitrogen and oxygen atoms in total. The number of hydrogen-bond acceptors (Lipinski definition) is 4. The third kappa shape index (κ3) is 4.07.